The molecule has 5 heteroatoms. The Morgan fingerprint density at radius 3 is 2.73 bits per heavy atom. The number of fused-ring (bicyclic) bond motifs is 1. The molecule has 0 unspecified atom stereocenters. The van der Waals surface area contributed by atoms with Crippen LogP contribution >= 0.6 is 11.3 Å². The Kier molecular flexibility index (Phi) is 4.20. The summed E-state index contributed by atoms with van der Waals surface area (Å²) in [5.41, 5.74) is 1.43. The number of hydrogen-bond donors (Lipinski definition) is 0. The highest BCUT2D eigenvalue weighted by atomic mass is 32.1. The van der Waals surface area contributed by atoms with Crippen LogP contribution in [-0.4, -0.2) is 65.9 Å². The average molecular weight is 319 g/mol. The van der Waals surface area contributed by atoms with E-state index < -0.39 is 0 Å². The molecule has 0 spiro atoms. The monoisotopic (exact) mass is 319 g/mol. The van der Waals surface area contributed by atoms with Gasteiger partial charge in [0, 0.05) is 50.2 Å². The van der Waals surface area contributed by atoms with E-state index in [4.69, 9.17) is 0 Å². The van der Waals surface area contributed by atoms with Crippen molar-refractivity contribution in [2.45, 2.75) is 38.3 Å². The zero-order valence-electron chi connectivity index (χ0n) is 13.2. The largest absolute Gasteiger partial charge is 0.339 e. The van der Waals surface area contributed by atoms with Crippen LogP contribution in [0, 0.1) is 0 Å². The molecule has 3 heterocycles. The SMILES string of the molecule is O=C(CN1CCc2sccc2C1)N1CCN(C2CCC2)CC1. The topological polar surface area (TPSA) is 26.8 Å². The molecular weight excluding hydrogens is 294 g/mol. The van der Waals surface area contributed by atoms with Gasteiger partial charge in [0.15, 0.2) is 0 Å². The third-order valence-corrected chi connectivity index (χ3v) is 6.53. The Morgan fingerprint density at radius 2 is 2.00 bits per heavy atom. The molecule has 0 bridgehead atoms. The molecule has 1 amide bonds. The lowest BCUT2D eigenvalue weighted by Gasteiger charge is -2.43. The zero-order chi connectivity index (χ0) is 14.9. The summed E-state index contributed by atoms with van der Waals surface area (Å²) in [6.45, 7) is 6.57. The van der Waals surface area contributed by atoms with Crippen LogP contribution in [0.5, 0.6) is 0 Å². The standard InChI is InChI=1S/C17H25N3OS/c21-17(13-18-6-4-16-14(12-18)5-11-22-16)20-9-7-19(8-10-20)15-2-1-3-15/h5,11,15H,1-4,6-10,12-13H2. The molecule has 0 N–H and O–H groups in total. The molecular formula is C17H25N3OS. The van der Waals surface area contributed by atoms with Gasteiger partial charge in [0.1, 0.15) is 0 Å². The number of hydrogen-bond acceptors (Lipinski definition) is 4. The summed E-state index contributed by atoms with van der Waals surface area (Å²) < 4.78 is 0. The molecule has 1 aromatic rings. The van der Waals surface area contributed by atoms with E-state index >= 15 is 0 Å². The average Bonchev–Trinajstić information content (AvgIpc) is 2.94. The Labute approximate surface area is 136 Å². The molecule has 0 atom stereocenters. The molecule has 2 fully saturated rings. The van der Waals surface area contributed by atoms with Gasteiger partial charge in [0.05, 0.1) is 6.54 Å². The minimum atomic E-state index is 0.326. The van der Waals surface area contributed by atoms with Gasteiger partial charge in [-0.2, -0.15) is 0 Å². The van der Waals surface area contributed by atoms with Crippen molar-refractivity contribution in [2.24, 2.45) is 0 Å². The second-order valence-corrected chi connectivity index (χ2v) is 7.83. The first-order chi connectivity index (χ1) is 10.8. The Morgan fingerprint density at radius 1 is 1.18 bits per heavy atom. The first-order valence-electron chi connectivity index (χ1n) is 8.59. The van der Waals surface area contributed by atoms with E-state index in [0.29, 0.717) is 12.5 Å². The van der Waals surface area contributed by atoms with Crippen LogP contribution in [-0.2, 0) is 17.8 Å². The van der Waals surface area contributed by atoms with Crippen molar-refractivity contribution in [1.82, 2.24) is 14.7 Å². The highest BCUT2D eigenvalue weighted by molar-refractivity contribution is 7.10. The van der Waals surface area contributed by atoms with Gasteiger partial charge in [-0.1, -0.05) is 6.42 Å². The van der Waals surface area contributed by atoms with E-state index in [1.807, 2.05) is 11.3 Å². The molecule has 0 aromatic carbocycles. The number of rotatable bonds is 3. The van der Waals surface area contributed by atoms with Crippen molar-refractivity contribution >= 4 is 17.2 Å². The van der Waals surface area contributed by atoms with Gasteiger partial charge in [-0.05, 0) is 36.3 Å². The number of carbonyl (C=O) groups excluding carboxylic acids is 1. The lowest BCUT2D eigenvalue weighted by Crippen LogP contribution is -2.55. The van der Waals surface area contributed by atoms with Gasteiger partial charge in [-0.15, -0.1) is 11.3 Å². The predicted molar refractivity (Wildman–Crippen MR) is 89.1 cm³/mol. The fourth-order valence-electron chi connectivity index (χ4n) is 3.82. The van der Waals surface area contributed by atoms with Crippen LogP contribution in [0.15, 0.2) is 11.4 Å². The van der Waals surface area contributed by atoms with Gasteiger partial charge in [-0.25, -0.2) is 0 Å². The normalized spacial score (nSPS) is 24.1. The Hall–Kier alpha value is -0.910. The van der Waals surface area contributed by atoms with Crippen LogP contribution in [0.4, 0.5) is 0 Å². The number of carbonyl (C=O) groups is 1. The third kappa shape index (κ3) is 2.94. The minimum Gasteiger partial charge on any atom is -0.339 e. The van der Waals surface area contributed by atoms with Crippen LogP contribution in [0.2, 0.25) is 0 Å². The predicted octanol–water partition coefficient (Wildman–Crippen LogP) is 1.80. The van der Waals surface area contributed by atoms with Crippen molar-refractivity contribution in [1.29, 1.82) is 0 Å². The van der Waals surface area contributed by atoms with Gasteiger partial charge < -0.3 is 4.90 Å². The number of thiophene rings is 1. The zero-order valence-corrected chi connectivity index (χ0v) is 14.0. The molecule has 4 nitrogen and oxygen atoms in total. The molecule has 1 saturated heterocycles. The quantitative estimate of drug-likeness (QED) is 0.850. The molecule has 3 aliphatic rings. The van der Waals surface area contributed by atoms with Gasteiger partial charge in [-0.3, -0.25) is 14.6 Å². The van der Waals surface area contributed by atoms with Crippen LogP contribution in [0.3, 0.4) is 0 Å². The fraction of sp³-hybridized carbons (Fsp3) is 0.706. The molecule has 4 rings (SSSR count). The first kappa shape index (κ1) is 14.7. The minimum absolute atomic E-state index is 0.326. The lowest BCUT2D eigenvalue weighted by molar-refractivity contribution is -0.135. The Bertz CT molecular complexity index is 532. The van der Waals surface area contributed by atoms with Crippen molar-refractivity contribution < 1.29 is 4.79 Å². The summed E-state index contributed by atoms with van der Waals surface area (Å²) in [6, 6.07) is 3.03. The van der Waals surface area contributed by atoms with Crippen molar-refractivity contribution in [3.8, 4) is 0 Å². The van der Waals surface area contributed by atoms with E-state index in [1.54, 1.807) is 0 Å². The second kappa shape index (κ2) is 6.30. The van der Waals surface area contributed by atoms with E-state index in [2.05, 4.69) is 26.1 Å². The first-order valence-corrected chi connectivity index (χ1v) is 9.47. The number of piperazine rings is 1. The summed E-state index contributed by atoms with van der Waals surface area (Å²) in [6.07, 6.45) is 5.23. The molecule has 1 saturated carbocycles. The smallest absolute Gasteiger partial charge is 0.236 e. The van der Waals surface area contributed by atoms with Crippen molar-refractivity contribution in [3.63, 3.8) is 0 Å². The summed E-state index contributed by atoms with van der Waals surface area (Å²) in [5.74, 6) is 0.326. The maximum absolute atomic E-state index is 12.5. The van der Waals surface area contributed by atoms with Crippen molar-refractivity contribution in [2.75, 3.05) is 39.3 Å². The summed E-state index contributed by atoms with van der Waals surface area (Å²) >= 11 is 1.86. The van der Waals surface area contributed by atoms with E-state index in [-0.39, 0.29) is 0 Å². The second-order valence-electron chi connectivity index (χ2n) is 6.83. The summed E-state index contributed by atoms with van der Waals surface area (Å²) in [5, 5.41) is 2.18. The molecule has 22 heavy (non-hydrogen) atoms. The van der Waals surface area contributed by atoms with E-state index in [1.165, 1.54) is 29.7 Å². The highest BCUT2D eigenvalue weighted by Crippen LogP contribution is 2.26. The highest BCUT2D eigenvalue weighted by Gasteiger charge is 2.30. The van der Waals surface area contributed by atoms with Crippen LogP contribution in [0.1, 0.15) is 29.7 Å². The molecule has 1 aromatic heterocycles. The summed E-state index contributed by atoms with van der Waals surface area (Å²) in [4.78, 5) is 21.0. The van der Waals surface area contributed by atoms with Gasteiger partial charge in [0.25, 0.3) is 0 Å². The van der Waals surface area contributed by atoms with E-state index in [0.717, 1.165) is 51.7 Å². The molecule has 2 aliphatic heterocycles. The number of amides is 1. The van der Waals surface area contributed by atoms with Crippen LogP contribution in [0.25, 0.3) is 0 Å². The van der Waals surface area contributed by atoms with Crippen molar-refractivity contribution in [3.05, 3.63) is 21.9 Å². The maximum atomic E-state index is 12.5. The third-order valence-electron chi connectivity index (χ3n) is 5.50. The van der Waals surface area contributed by atoms with Gasteiger partial charge >= 0.3 is 0 Å². The summed E-state index contributed by atoms with van der Waals surface area (Å²) in [7, 11) is 0. The van der Waals surface area contributed by atoms with Crippen LogP contribution < -0.4 is 0 Å². The molecule has 1 aliphatic carbocycles. The fourth-order valence-corrected chi connectivity index (χ4v) is 4.71. The van der Waals surface area contributed by atoms with Gasteiger partial charge in [0.2, 0.25) is 5.91 Å². The molecule has 120 valence electrons. The lowest BCUT2D eigenvalue weighted by atomic mass is 9.91. The van der Waals surface area contributed by atoms with E-state index in [9.17, 15) is 4.79 Å². The Balaban J connectivity index is 1.26. The maximum Gasteiger partial charge on any atom is 0.236 e. The molecule has 0 radical (unpaired) electrons. The number of nitrogens with zero attached hydrogens (tertiary/aromatic N) is 3.